The van der Waals surface area contributed by atoms with Crippen molar-refractivity contribution in [3.05, 3.63) is 35.1 Å². The molecular weight excluding hydrogens is 139 g/mol. The third kappa shape index (κ3) is 0.953. The average molecular weight is 150 g/mol. The molecule has 1 atom stereocenters. The van der Waals surface area contributed by atoms with E-state index >= 15 is 0 Å². The molecule has 0 unspecified atom stereocenters. The van der Waals surface area contributed by atoms with Crippen LogP contribution in [-0.2, 0) is 6.42 Å². The lowest BCUT2D eigenvalue weighted by molar-refractivity contribution is 0.612. The topological polar surface area (TPSA) is 0 Å². The van der Waals surface area contributed by atoms with E-state index in [9.17, 15) is 4.39 Å². The Balaban J connectivity index is 2.57. The maximum absolute atomic E-state index is 13.1. The van der Waals surface area contributed by atoms with Gasteiger partial charge < -0.3 is 0 Å². The zero-order valence-corrected chi connectivity index (χ0v) is 6.60. The fourth-order valence-corrected chi connectivity index (χ4v) is 1.82. The summed E-state index contributed by atoms with van der Waals surface area (Å²) >= 11 is 0. The van der Waals surface area contributed by atoms with Crippen molar-refractivity contribution >= 4 is 0 Å². The van der Waals surface area contributed by atoms with Gasteiger partial charge in [-0.1, -0.05) is 19.1 Å². The second-order valence-corrected chi connectivity index (χ2v) is 3.25. The highest BCUT2D eigenvalue weighted by Crippen LogP contribution is 2.33. The van der Waals surface area contributed by atoms with E-state index in [1.165, 1.54) is 5.56 Å². The molecule has 1 heteroatoms. The van der Waals surface area contributed by atoms with Crippen LogP contribution in [0.3, 0.4) is 0 Å². The van der Waals surface area contributed by atoms with Crippen LogP contribution >= 0.6 is 0 Å². The van der Waals surface area contributed by atoms with Crippen molar-refractivity contribution in [1.82, 2.24) is 0 Å². The highest BCUT2D eigenvalue weighted by molar-refractivity contribution is 5.35. The normalized spacial score (nSPS) is 21.8. The van der Waals surface area contributed by atoms with Gasteiger partial charge in [-0.25, -0.2) is 4.39 Å². The molecule has 0 heterocycles. The van der Waals surface area contributed by atoms with Gasteiger partial charge in [0, 0.05) is 0 Å². The number of halogens is 1. The van der Waals surface area contributed by atoms with Crippen LogP contribution in [0, 0.1) is 5.82 Å². The smallest absolute Gasteiger partial charge is 0.126 e. The number of fused-ring (bicyclic) bond motifs is 1. The Morgan fingerprint density at radius 3 is 3.00 bits per heavy atom. The summed E-state index contributed by atoms with van der Waals surface area (Å²) in [4.78, 5) is 0. The standard InChI is InChI=1S/C10H11F/c1-7-5-6-9-8(7)3-2-4-10(9)11/h2-4,7H,5-6H2,1H3/t7-/m0/s1. The Morgan fingerprint density at radius 1 is 1.45 bits per heavy atom. The maximum atomic E-state index is 13.1. The van der Waals surface area contributed by atoms with Crippen LogP contribution in [0.4, 0.5) is 4.39 Å². The van der Waals surface area contributed by atoms with E-state index in [0.29, 0.717) is 5.92 Å². The Hall–Kier alpha value is -0.850. The first kappa shape index (κ1) is 6.84. The molecule has 0 bridgehead atoms. The van der Waals surface area contributed by atoms with Crippen molar-refractivity contribution in [3.63, 3.8) is 0 Å². The summed E-state index contributed by atoms with van der Waals surface area (Å²) in [6.45, 7) is 2.16. The monoisotopic (exact) mass is 150 g/mol. The summed E-state index contributed by atoms with van der Waals surface area (Å²) in [5, 5.41) is 0. The number of benzene rings is 1. The van der Waals surface area contributed by atoms with Gasteiger partial charge in [0.1, 0.15) is 5.82 Å². The summed E-state index contributed by atoms with van der Waals surface area (Å²) < 4.78 is 13.1. The van der Waals surface area contributed by atoms with Crippen LogP contribution in [0.2, 0.25) is 0 Å². The van der Waals surface area contributed by atoms with E-state index in [4.69, 9.17) is 0 Å². The lowest BCUT2D eigenvalue weighted by Gasteiger charge is -2.02. The molecule has 0 radical (unpaired) electrons. The van der Waals surface area contributed by atoms with Crippen molar-refractivity contribution in [2.75, 3.05) is 0 Å². The van der Waals surface area contributed by atoms with E-state index in [1.807, 2.05) is 6.07 Å². The van der Waals surface area contributed by atoms with Crippen molar-refractivity contribution in [1.29, 1.82) is 0 Å². The van der Waals surface area contributed by atoms with Gasteiger partial charge in [-0.15, -0.1) is 0 Å². The zero-order chi connectivity index (χ0) is 7.84. The predicted molar refractivity (Wildman–Crippen MR) is 43.1 cm³/mol. The Morgan fingerprint density at radius 2 is 2.27 bits per heavy atom. The summed E-state index contributed by atoms with van der Waals surface area (Å²) in [5.74, 6) is 0.535. The second-order valence-electron chi connectivity index (χ2n) is 3.25. The Labute approximate surface area is 66.1 Å². The largest absolute Gasteiger partial charge is 0.207 e. The summed E-state index contributed by atoms with van der Waals surface area (Å²) in [6.07, 6.45) is 2.03. The molecule has 0 saturated carbocycles. The quantitative estimate of drug-likeness (QED) is 0.533. The van der Waals surface area contributed by atoms with E-state index in [-0.39, 0.29) is 5.82 Å². The van der Waals surface area contributed by atoms with Crippen LogP contribution in [0.1, 0.15) is 30.4 Å². The molecule has 0 amide bonds. The third-order valence-electron chi connectivity index (χ3n) is 2.51. The molecule has 0 aromatic heterocycles. The number of rotatable bonds is 0. The highest BCUT2D eigenvalue weighted by atomic mass is 19.1. The van der Waals surface area contributed by atoms with Gasteiger partial charge in [0.05, 0.1) is 0 Å². The van der Waals surface area contributed by atoms with Gasteiger partial charge in [-0.2, -0.15) is 0 Å². The molecule has 2 rings (SSSR count). The van der Waals surface area contributed by atoms with Gasteiger partial charge in [-0.05, 0) is 36.0 Å². The molecule has 0 nitrogen and oxygen atoms in total. The minimum absolute atomic E-state index is 0.0214. The first-order chi connectivity index (χ1) is 5.29. The lowest BCUT2D eigenvalue weighted by Crippen LogP contribution is -1.88. The molecule has 0 saturated heterocycles. The summed E-state index contributed by atoms with van der Waals surface area (Å²) in [7, 11) is 0. The fraction of sp³-hybridized carbons (Fsp3) is 0.400. The average Bonchev–Trinajstić information content (AvgIpc) is 2.35. The molecule has 1 aliphatic carbocycles. The minimum atomic E-state index is -0.0214. The molecule has 0 N–H and O–H groups in total. The van der Waals surface area contributed by atoms with Crippen molar-refractivity contribution < 1.29 is 4.39 Å². The molecule has 0 aliphatic heterocycles. The summed E-state index contributed by atoms with van der Waals surface area (Å²) in [6, 6.07) is 5.39. The zero-order valence-electron chi connectivity index (χ0n) is 6.60. The van der Waals surface area contributed by atoms with E-state index in [1.54, 1.807) is 12.1 Å². The van der Waals surface area contributed by atoms with Gasteiger partial charge in [-0.3, -0.25) is 0 Å². The van der Waals surface area contributed by atoms with Crippen molar-refractivity contribution in [3.8, 4) is 0 Å². The van der Waals surface area contributed by atoms with Crippen molar-refractivity contribution in [2.24, 2.45) is 0 Å². The van der Waals surface area contributed by atoms with Gasteiger partial charge in [0.25, 0.3) is 0 Å². The molecule has 0 spiro atoms. The molecule has 1 aliphatic rings. The van der Waals surface area contributed by atoms with E-state index in [0.717, 1.165) is 18.4 Å². The van der Waals surface area contributed by atoms with Gasteiger partial charge in [0.15, 0.2) is 0 Å². The number of hydrogen-bond donors (Lipinski definition) is 0. The van der Waals surface area contributed by atoms with Crippen LogP contribution < -0.4 is 0 Å². The molecule has 11 heavy (non-hydrogen) atoms. The minimum Gasteiger partial charge on any atom is -0.207 e. The second kappa shape index (κ2) is 2.33. The lowest BCUT2D eigenvalue weighted by atomic mass is 10.0. The van der Waals surface area contributed by atoms with E-state index < -0.39 is 0 Å². The molecule has 1 aromatic carbocycles. The predicted octanol–water partition coefficient (Wildman–Crippen LogP) is 2.88. The van der Waals surface area contributed by atoms with Crippen LogP contribution in [0.25, 0.3) is 0 Å². The molecule has 0 fully saturated rings. The van der Waals surface area contributed by atoms with Crippen LogP contribution in [0.15, 0.2) is 18.2 Å². The molecular formula is C10H11F. The molecule has 1 aromatic rings. The SMILES string of the molecule is C[C@H]1CCc2c(F)cccc21. The van der Waals surface area contributed by atoms with Crippen LogP contribution in [0.5, 0.6) is 0 Å². The van der Waals surface area contributed by atoms with Gasteiger partial charge >= 0.3 is 0 Å². The number of hydrogen-bond acceptors (Lipinski definition) is 0. The maximum Gasteiger partial charge on any atom is 0.126 e. The van der Waals surface area contributed by atoms with Crippen LogP contribution in [-0.4, -0.2) is 0 Å². The van der Waals surface area contributed by atoms with Crippen molar-refractivity contribution in [2.45, 2.75) is 25.7 Å². The fourth-order valence-electron chi connectivity index (χ4n) is 1.82. The Kier molecular flexibility index (Phi) is 1.45. The Bertz CT molecular complexity index is 278. The van der Waals surface area contributed by atoms with E-state index in [2.05, 4.69) is 6.92 Å². The highest BCUT2D eigenvalue weighted by Gasteiger charge is 2.20. The first-order valence-electron chi connectivity index (χ1n) is 4.06. The first-order valence-corrected chi connectivity index (χ1v) is 4.06. The summed E-state index contributed by atoms with van der Waals surface area (Å²) in [5.41, 5.74) is 2.16. The van der Waals surface area contributed by atoms with Gasteiger partial charge in [0.2, 0.25) is 0 Å². The molecule has 58 valence electrons. The third-order valence-corrected chi connectivity index (χ3v) is 2.51.